The fourth-order valence-corrected chi connectivity index (χ4v) is 4.34. The van der Waals surface area contributed by atoms with E-state index in [0.29, 0.717) is 37.9 Å². The molecule has 0 saturated carbocycles. The minimum absolute atomic E-state index is 0.0208. The van der Waals surface area contributed by atoms with E-state index >= 15 is 0 Å². The molecule has 2 aliphatic heterocycles. The number of carbonyl (C=O) groups excluding carboxylic acids is 1. The van der Waals surface area contributed by atoms with Gasteiger partial charge in [-0.15, -0.1) is 11.3 Å². The molecule has 2 saturated heterocycles. The maximum Gasteiger partial charge on any atom is 0.272 e. The Hall–Kier alpha value is -1.83. The summed E-state index contributed by atoms with van der Waals surface area (Å²) in [6, 6.07) is 5.87. The van der Waals surface area contributed by atoms with Gasteiger partial charge in [-0.1, -0.05) is 6.07 Å². The summed E-state index contributed by atoms with van der Waals surface area (Å²) in [5, 5.41) is 0. The number of rotatable bonds is 4. The smallest absolute Gasteiger partial charge is 0.272 e. The van der Waals surface area contributed by atoms with E-state index in [9.17, 15) is 4.79 Å². The molecule has 1 unspecified atom stereocenters. The Bertz CT molecular complexity index is 731. The number of ether oxygens (including phenoxy) is 1. The minimum Gasteiger partial charge on any atom is -0.378 e. The number of likely N-dealkylation sites (tertiary alicyclic amines) is 1. The van der Waals surface area contributed by atoms with Gasteiger partial charge in [-0.3, -0.25) is 14.7 Å². The van der Waals surface area contributed by atoms with Crippen molar-refractivity contribution in [1.82, 2.24) is 19.8 Å². The summed E-state index contributed by atoms with van der Waals surface area (Å²) in [6.45, 7) is 5.57. The van der Waals surface area contributed by atoms with Crippen molar-refractivity contribution in [2.45, 2.75) is 25.3 Å². The van der Waals surface area contributed by atoms with E-state index in [1.165, 1.54) is 4.88 Å². The normalized spacial score (nSPS) is 21.7. The summed E-state index contributed by atoms with van der Waals surface area (Å²) in [7, 11) is 0. The zero-order chi connectivity index (χ0) is 17.8. The lowest BCUT2D eigenvalue weighted by Crippen LogP contribution is -2.41. The fraction of sp³-hybridized carbons (Fsp3) is 0.526. The van der Waals surface area contributed by atoms with Crippen LogP contribution >= 0.6 is 11.3 Å². The van der Waals surface area contributed by atoms with Gasteiger partial charge in [0.15, 0.2) is 0 Å². The molecule has 4 rings (SSSR count). The number of hydrogen-bond donors (Lipinski definition) is 0. The molecular formula is C19H24N4O2S. The number of piperidine rings is 1. The third-order valence-electron chi connectivity index (χ3n) is 5.07. The Labute approximate surface area is 157 Å². The minimum atomic E-state index is 0.0208. The van der Waals surface area contributed by atoms with Crippen LogP contribution in [0.3, 0.4) is 0 Å². The third kappa shape index (κ3) is 4.11. The van der Waals surface area contributed by atoms with E-state index < -0.39 is 0 Å². The number of thiazole rings is 1. The van der Waals surface area contributed by atoms with Gasteiger partial charge in [-0.25, -0.2) is 4.98 Å². The summed E-state index contributed by atoms with van der Waals surface area (Å²) in [5.74, 6) is 0.404. The Kier molecular flexibility index (Phi) is 5.57. The highest BCUT2D eigenvalue weighted by molar-refractivity contribution is 7.09. The number of aromatic nitrogens is 2. The van der Waals surface area contributed by atoms with Gasteiger partial charge in [-0.2, -0.15) is 0 Å². The molecule has 2 aromatic heterocycles. The van der Waals surface area contributed by atoms with Crippen LogP contribution in [-0.4, -0.2) is 65.1 Å². The zero-order valence-corrected chi connectivity index (χ0v) is 15.7. The summed E-state index contributed by atoms with van der Waals surface area (Å²) >= 11 is 1.71. The van der Waals surface area contributed by atoms with E-state index in [2.05, 4.69) is 16.0 Å². The van der Waals surface area contributed by atoms with Crippen molar-refractivity contribution in [3.05, 3.63) is 46.2 Å². The van der Waals surface area contributed by atoms with Crippen LogP contribution in [0.4, 0.5) is 0 Å². The fourth-order valence-electron chi connectivity index (χ4n) is 3.71. The van der Waals surface area contributed by atoms with Crippen LogP contribution in [0.2, 0.25) is 0 Å². The van der Waals surface area contributed by atoms with Gasteiger partial charge in [-0.05, 0) is 31.5 Å². The van der Waals surface area contributed by atoms with Gasteiger partial charge >= 0.3 is 0 Å². The van der Waals surface area contributed by atoms with E-state index in [1.807, 2.05) is 28.7 Å². The van der Waals surface area contributed by atoms with Crippen LogP contribution in [-0.2, 0) is 11.3 Å². The number of amides is 1. The number of pyridine rings is 1. The van der Waals surface area contributed by atoms with Gasteiger partial charge in [0.25, 0.3) is 5.91 Å². The van der Waals surface area contributed by atoms with Crippen molar-refractivity contribution >= 4 is 17.2 Å². The average molecular weight is 372 g/mol. The first kappa shape index (κ1) is 17.6. The maximum absolute atomic E-state index is 12.7. The Morgan fingerprint density at radius 1 is 1.27 bits per heavy atom. The van der Waals surface area contributed by atoms with Crippen molar-refractivity contribution in [1.29, 1.82) is 0 Å². The monoisotopic (exact) mass is 372 g/mol. The van der Waals surface area contributed by atoms with Gasteiger partial charge in [0.05, 0.1) is 18.7 Å². The van der Waals surface area contributed by atoms with Crippen LogP contribution in [0.1, 0.15) is 39.8 Å². The number of morpholine rings is 1. The van der Waals surface area contributed by atoms with Gasteiger partial charge < -0.3 is 9.64 Å². The van der Waals surface area contributed by atoms with Crippen molar-refractivity contribution in [3.63, 3.8) is 0 Å². The summed E-state index contributed by atoms with van der Waals surface area (Å²) in [5.41, 5.74) is 3.49. The average Bonchev–Trinajstić information content (AvgIpc) is 3.21. The second-order valence-corrected chi connectivity index (χ2v) is 7.87. The molecule has 2 fully saturated rings. The molecule has 2 aromatic rings. The molecule has 4 heterocycles. The predicted molar refractivity (Wildman–Crippen MR) is 100 cm³/mol. The standard InChI is InChI=1S/C19H24N4O2S/c24-19(23-7-9-25-10-8-23)18-5-1-4-17(21-18)15-3-2-6-22(12-15)13-16-11-20-14-26-16/h1,4-5,11,14-15H,2-3,6-10,12-13H2. The van der Waals surface area contributed by atoms with Crippen molar-refractivity contribution < 1.29 is 9.53 Å². The molecule has 6 nitrogen and oxygen atoms in total. The summed E-state index contributed by atoms with van der Waals surface area (Å²) in [6.07, 6.45) is 4.24. The Morgan fingerprint density at radius 3 is 2.96 bits per heavy atom. The highest BCUT2D eigenvalue weighted by atomic mass is 32.1. The number of hydrogen-bond acceptors (Lipinski definition) is 6. The molecule has 138 valence electrons. The lowest BCUT2D eigenvalue weighted by atomic mass is 9.94. The second kappa shape index (κ2) is 8.24. The van der Waals surface area contributed by atoms with Crippen LogP contribution in [0, 0.1) is 0 Å². The van der Waals surface area contributed by atoms with Crippen LogP contribution in [0.15, 0.2) is 29.9 Å². The first-order valence-electron chi connectivity index (χ1n) is 9.23. The van der Waals surface area contributed by atoms with Crippen LogP contribution in [0.5, 0.6) is 0 Å². The zero-order valence-electron chi connectivity index (χ0n) is 14.8. The lowest BCUT2D eigenvalue weighted by Gasteiger charge is -2.32. The van der Waals surface area contributed by atoms with Gasteiger partial charge in [0, 0.05) is 48.9 Å². The molecule has 0 bridgehead atoms. The number of nitrogens with zero attached hydrogens (tertiary/aromatic N) is 4. The number of carbonyl (C=O) groups is 1. The molecule has 1 amide bonds. The topological polar surface area (TPSA) is 58.6 Å². The SMILES string of the molecule is O=C(c1cccc(C2CCCN(Cc3cncs3)C2)n1)N1CCOCC1. The Balaban J connectivity index is 1.44. The summed E-state index contributed by atoms with van der Waals surface area (Å²) < 4.78 is 5.34. The van der Waals surface area contributed by atoms with Crippen LogP contribution < -0.4 is 0 Å². The Morgan fingerprint density at radius 2 is 2.15 bits per heavy atom. The molecular weight excluding hydrogens is 348 g/mol. The van der Waals surface area contributed by atoms with E-state index in [-0.39, 0.29) is 5.91 Å². The molecule has 2 aliphatic rings. The van der Waals surface area contributed by atoms with Crippen molar-refractivity contribution in [3.8, 4) is 0 Å². The largest absolute Gasteiger partial charge is 0.378 e. The molecule has 0 radical (unpaired) electrons. The molecule has 0 aliphatic carbocycles. The molecule has 7 heteroatoms. The molecule has 0 spiro atoms. The first-order valence-corrected chi connectivity index (χ1v) is 10.1. The molecule has 0 N–H and O–H groups in total. The molecule has 26 heavy (non-hydrogen) atoms. The lowest BCUT2D eigenvalue weighted by molar-refractivity contribution is 0.0298. The highest BCUT2D eigenvalue weighted by Crippen LogP contribution is 2.27. The van der Waals surface area contributed by atoms with Crippen molar-refractivity contribution in [2.24, 2.45) is 0 Å². The van der Waals surface area contributed by atoms with E-state index in [0.717, 1.165) is 38.2 Å². The molecule has 1 atom stereocenters. The first-order chi connectivity index (χ1) is 12.8. The molecule has 0 aromatic carbocycles. The predicted octanol–water partition coefficient (Wildman–Crippen LogP) is 2.39. The van der Waals surface area contributed by atoms with E-state index in [1.54, 1.807) is 11.3 Å². The van der Waals surface area contributed by atoms with Crippen molar-refractivity contribution in [2.75, 3.05) is 39.4 Å². The van der Waals surface area contributed by atoms with Gasteiger partial charge in [0.1, 0.15) is 5.69 Å². The third-order valence-corrected chi connectivity index (χ3v) is 5.84. The van der Waals surface area contributed by atoms with E-state index in [4.69, 9.17) is 9.72 Å². The van der Waals surface area contributed by atoms with Gasteiger partial charge in [0.2, 0.25) is 0 Å². The summed E-state index contributed by atoms with van der Waals surface area (Å²) in [4.78, 5) is 27.2. The maximum atomic E-state index is 12.7. The second-order valence-electron chi connectivity index (χ2n) is 6.89. The highest BCUT2D eigenvalue weighted by Gasteiger charge is 2.25. The quantitative estimate of drug-likeness (QED) is 0.825. The van der Waals surface area contributed by atoms with Crippen LogP contribution in [0.25, 0.3) is 0 Å².